The molecule has 1 aromatic heterocycles. The van der Waals surface area contributed by atoms with Crippen molar-refractivity contribution in [2.45, 2.75) is 19.1 Å². The average molecular weight is 460 g/mol. The molecule has 0 fully saturated rings. The fourth-order valence-corrected chi connectivity index (χ4v) is 4.43. The highest BCUT2D eigenvalue weighted by molar-refractivity contribution is 6.02. The fourth-order valence-electron chi connectivity index (χ4n) is 4.43. The van der Waals surface area contributed by atoms with Crippen molar-refractivity contribution < 1.29 is 13.2 Å². The van der Waals surface area contributed by atoms with Crippen molar-refractivity contribution in [1.29, 1.82) is 0 Å². The molecule has 0 radical (unpaired) electrons. The standard InChI is InChI=1S/C28H24F3N3/c29-28(30,31)21-10-11-24-26(12-15-34-27(24)17-21)33-14-5-13-32-18-25-22-8-3-1-6-19(22)16-20-7-2-4-9-23(20)25/h1-4,6-12,15-17,32H,5,13-14,18H2,(H,33,34). The van der Waals surface area contributed by atoms with E-state index in [1.165, 1.54) is 39.4 Å². The second-order valence-corrected chi connectivity index (χ2v) is 8.34. The Kier molecular flexibility index (Phi) is 6.07. The molecule has 0 spiro atoms. The molecule has 5 rings (SSSR count). The van der Waals surface area contributed by atoms with Crippen LogP contribution < -0.4 is 10.6 Å². The lowest BCUT2D eigenvalue weighted by molar-refractivity contribution is -0.137. The Morgan fingerprint density at radius 1 is 0.735 bits per heavy atom. The van der Waals surface area contributed by atoms with E-state index in [0.29, 0.717) is 17.4 Å². The van der Waals surface area contributed by atoms with Gasteiger partial charge in [-0.3, -0.25) is 4.98 Å². The monoisotopic (exact) mass is 459 g/mol. The van der Waals surface area contributed by atoms with Crippen LogP contribution in [0.15, 0.2) is 85.1 Å². The maximum Gasteiger partial charge on any atom is 0.416 e. The number of halogens is 3. The third-order valence-corrected chi connectivity index (χ3v) is 6.10. The molecule has 34 heavy (non-hydrogen) atoms. The second-order valence-electron chi connectivity index (χ2n) is 8.34. The molecule has 0 saturated carbocycles. The van der Waals surface area contributed by atoms with E-state index in [9.17, 15) is 13.2 Å². The molecule has 0 saturated heterocycles. The van der Waals surface area contributed by atoms with Crippen LogP contribution in [0.3, 0.4) is 0 Å². The molecule has 0 aliphatic heterocycles. The minimum absolute atomic E-state index is 0.334. The van der Waals surface area contributed by atoms with Crippen LogP contribution in [0.25, 0.3) is 32.4 Å². The average Bonchev–Trinajstić information content (AvgIpc) is 2.84. The molecule has 0 bridgehead atoms. The molecule has 0 atom stereocenters. The smallest absolute Gasteiger partial charge is 0.384 e. The number of benzene rings is 4. The van der Waals surface area contributed by atoms with Crippen molar-refractivity contribution >= 4 is 38.1 Å². The molecule has 0 unspecified atom stereocenters. The third-order valence-electron chi connectivity index (χ3n) is 6.10. The van der Waals surface area contributed by atoms with E-state index in [4.69, 9.17) is 0 Å². The van der Waals surface area contributed by atoms with Crippen LogP contribution in [0.2, 0.25) is 0 Å². The van der Waals surface area contributed by atoms with Gasteiger partial charge in [-0.1, -0.05) is 54.6 Å². The molecule has 3 nitrogen and oxygen atoms in total. The van der Waals surface area contributed by atoms with Crippen LogP contribution in [0.5, 0.6) is 0 Å². The van der Waals surface area contributed by atoms with Gasteiger partial charge in [-0.25, -0.2) is 0 Å². The first-order valence-corrected chi connectivity index (χ1v) is 11.3. The van der Waals surface area contributed by atoms with Crippen LogP contribution in [-0.4, -0.2) is 18.1 Å². The Labute approximate surface area is 195 Å². The zero-order valence-electron chi connectivity index (χ0n) is 18.5. The predicted octanol–water partition coefficient (Wildman–Crippen LogP) is 7.15. The summed E-state index contributed by atoms with van der Waals surface area (Å²) >= 11 is 0. The third kappa shape index (κ3) is 4.54. The number of rotatable bonds is 7. The van der Waals surface area contributed by atoms with Crippen molar-refractivity contribution in [3.63, 3.8) is 0 Å². The second kappa shape index (κ2) is 9.31. The van der Waals surface area contributed by atoms with E-state index < -0.39 is 11.7 Å². The first-order chi connectivity index (χ1) is 16.5. The number of nitrogens with zero attached hydrogens (tertiary/aromatic N) is 1. The number of anilines is 1. The summed E-state index contributed by atoms with van der Waals surface area (Å²) in [6, 6.07) is 24.6. The van der Waals surface area contributed by atoms with Crippen molar-refractivity contribution in [3.05, 3.63) is 96.2 Å². The van der Waals surface area contributed by atoms with E-state index in [1.54, 1.807) is 6.07 Å². The number of alkyl halides is 3. The van der Waals surface area contributed by atoms with E-state index in [0.717, 1.165) is 37.3 Å². The molecule has 0 aliphatic rings. The lowest BCUT2D eigenvalue weighted by atomic mass is 9.97. The van der Waals surface area contributed by atoms with Gasteiger partial charge >= 0.3 is 6.18 Å². The highest BCUT2D eigenvalue weighted by atomic mass is 19.4. The van der Waals surface area contributed by atoms with Gasteiger partial charge in [0.25, 0.3) is 0 Å². The Hall–Kier alpha value is -3.64. The number of fused-ring (bicyclic) bond motifs is 3. The van der Waals surface area contributed by atoms with E-state index in [1.807, 2.05) is 0 Å². The summed E-state index contributed by atoms with van der Waals surface area (Å²) in [5, 5.41) is 12.6. The zero-order chi connectivity index (χ0) is 23.5. The summed E-state index contributed by atoms with van der Waals surface area (Å²) in [6.07, 6.45) is -1.97. The van der Waals surface area contributed by atoms with Gasteiger partial charge in [-0.2, -0.15) is 13.2 Å². The predicted molar refractivity (Wildman–Crippen MR) is 133 cm³/mol. The minimum Gasteiger partial charge on any atom is -0.384 e. The Bertz CT molecular complexity index is 1410. The minimum atomic E-state index is -4.37. The first-order valence-electron chi connectivity index (χ1n) is 11.3. The molecule has 1 heterocycles. The largest absolute Gasteiger partial charge is 0.416 e. The van der Waals surface area contributed by atoms with Gasteiger partial charge in [-0.05, 0) is 64.3 Å². The van der Waals surface area contributed by atoms with Crippen molar-refractivity contribution in [1.82, 2.24) is 10.3 Å². The molecule has 2 N–H and O–H groups in total. The van der Waals surface area contributed by atoms with Crippen molar-refractivity contribution in [2.24, 2.45) is 0 Å². The van der Waals surface area contributed by atoms with Crippen LogP contribution in [0.1, 0.15) is 17.5 Å². The number of nitrogens with one attached hydrogen (secondary N) is 2. The van der Waals surface area contributed by atoms with E-state index in [-0.39, 0.29) is 0 Å². The molecule has 4 aromatic carbocycles. The van der Waals surface area contributed by atoms with Gasteiger partial charge in [0.1, 0.15) is 0 Å². The maximum atomic E-state index is 13.0. The summed E-state index contributed by atoms with van der Waals surface area (Å²) in [5.41, 5.74) is 1.73. The molecular weight excluding hydrogens is 435 g/mol. The molecule has 172 valence electrons. The van der Waals surface area contributed by atoms with Gasteiger partial charge in [0, 0.05) is 30.4 Å². The summed E-state index contributed by atoms with van der Waals surface area (Å²) in [5.74, 6) is 0. The molecule has 0 aliphatic carbocycles. The first kappa shape index (κ1) is 22.2. The zero-order valence-corrected chi connectivity index (χ0v) is 18.5. The van der Waals surface area contributed by atoms with Gasteiger partial charge in [0.15, 0.2) is 0 Å². The number of hydrogen-bond acceptors (Lipinski definition) is 3. The summed E-state index contributed by atoms with van der Waals surface area (Å²) in [4.78, 5) is 4.10. The number of hydrogen-bond donors (Lipinski definition) is 2. The van der Waals surface area contributed by atoms with Crippen LogP contribution >= 0.6 is 0 Å². The fraction of sp³-hybridized carbons (Fsp3) is 0.179. The molecule has 5 aromatic rings. The highest BCUT2D eigenvalue weighted by Gasteiger charge is 2.30. The van der Waals surface area contributed by atoms with Gasteiger partial charge < -0.3 is 10.6 Å². The number of aromatic nitrogens is 1. The Morgan fingerprint density at radius 2 is 1.44 bits per heavy atom. The summed E-state index contributed by atoms with van der Waals surface area (Å²) in [6.45, 7) is 2.27. The van der Waals surface area contributed by atoms with Crippen molar-refractivity contribution in [3.8, 4) is 0 Å². The Morgan fingerprint density at radius 3 is 2.15 bits per heavy atom. The van der Waals surface area contributed by atoms with Gasteiger partial charge in [-0.15, -0.1) is 0 Å². The highest BCUT2D eigenvalue weighted by Crippen LogP contribution is 2.32. The molecule has 6 heteroatoms. The quantitative estimate of drug-likeness (QED) is 0.200. The molecular formula is C28H24F3N3. The summed E-state index contributed by atoms with van der Waals surface area (Å²) < 4.78 is 38.9. The lowest BCUT2D eigenvalue weighted by Crippen LogP contribution is -2.18. The maximum absolute atomic E-state index is 13.0. The van der Waals surface area contributed by atoms with E-state index >= 15 is 0 Å². The van der Waals surface area contributed by atoms with Crippen molar-refractivity contribution in [2.75, 3.05) is 18.4 Å². The van der Waals surface area contributed by atoms with Crippen LogP contribution in [0, 0.1) is 0 Å². The summed E-state index contributed by atoms with van der Waals surface area (Å²) in [7, 11) is 0. The normalized spacial score (nSPS) is 12.0. The van der Waals surface area contributed by atoms with Crippen LogP contribution in [0.4, 0.5) is 18.9 Å². The topological polar surface area (TPSA) is 37.0 Å². The van der Waals surface area contributed by atoms with Gasteiger partial charge in [0.05, 0.1) is 11.1 Å². The van der Waals surface area contributed by atoms with Gasteiger partial charge in [0.2, 0.25) is 0 Å². The number of pyridine rings is 1. The van der Waals surface area contributed by atoms with Crippen LogP contribution in [-0.2, 0) is 12.7 Å². The molecule has 0 amide bonds. The lowest BCUT2D eigenvalue weighted by Gasteiger charge is -2.14. The SMILES string of the molecule is FC(F)(F)c1ccc2c(NCCCNCc3c4ccccc4cc4ccccc34)ccnc2c1. The van der Waals surface area contributed by atoms with E-state index in [2.05, 4.69) is 70.2 Å². The Balaban J connectivity index is 1.22.